The number of hydrogen-bond acceptors (Lipinski definition) is 4. The molecule has 1 unspecified atom stereocenters. The zero-order chi connectivity index (χ0) is 6.85. The van der Waals surface area contributed by atoms with E-state index in [0.29, 0.717) is 13.0 Å². The Morgan fingerprint density at radius 3 is 2.78 bits per heavy atom. The molecular weight excluding hydrogens is 122 g/mol. The third-order valence-electron chi connectivity index (χ3n) is 1.45. The fourth-order valence-corrected chi connectivity index (χ4v) is 0.916. The van der Waals surface area contributed by atoms with Crippen molar-refractivity contribution in [1.82, 2.24) is 10.4 Å². The summed E-state index contributed by atoms with van der Waals surface area (Å²) in [6, 6.07) is 0. The lowest BCUT2D eigenvalue weighted by Crippen LogP contribution is -2.37. The van der Waals surface area contributed by atoms with E-state index >= 15 is 0 Å². The summed E-state index contributed by atoms with van der Waals surface area (Å²) in [7, 11) is 1.68. The van der Waals surface area contributed by atoms with Gasteiger partial charge in [-0.3, -0.25) is 10.1 Å². The Hall–Kier alpha value is -0.680. The summed E-state index contributed by atoms with van der Waals surface area (Å²) in [5.41, 5.74) is 2.84. The number of nitrogens with one attached hydrogen (secondary N) is 1. The fourth-order valence-electron chi connectivity index (χ4n) is 0.916. The molecule has 0 aromatic heterocycles. The third kappa shape index (κ3) is 1.17. The molecule has 0 spiro atoms. The van der Waals surface area contributed by atoms with Crippen LogP contribution in [0.25, 0.3) is 0 Å². The van der Waals surface area contributed by atoms with Crippen LogP contribution in [0.2, 0.25) is 0 Å². The molecule has 1 N–H and O–H groups in total. The van der Waals surface area contributed by atoms with Crippen molar-refractivity contribution in [3.63, 3.8) is 0 Å². The summed E-state index contributed by atoms with van der Waals surface area (Å²) >= 11 is 0. The summed E-state index contributed by atoms with van der Waals surface area (Å²) in [6.45, 7) is 0.710. The minimum atomic E-state index is -0.523. The first-order valence-electron chi connectivity index (χ1n) is 2.81. The Labute approximate surface area is 52.8 Å². The monoisotopic (exact) mass is 131 g/mol. The number of nitro groups is 1. The molecule has 1 atom stereocenters. The SMILES string of the molecule is CN1NCCC1[N+](=O)[O-]. The fraction of sp³-hybridized carbons (Fsp3) is 1.00. The first-order chi connectivity index (χ1) is 4.22. The average Bonchev–Trinajstić information content (AvgIpc) is 2.13. The molecule has 1 aliphatic rings. The van der Waals surface area contributed by atoms with Crippen molar-refractivity contribution in [3.05, 3.63) is 10.1 Å². The van der Waals surface area contributed by atoms with E-state index in [1.54, 1.807) is 7.05 Å². The summed E-state index contributed by atoms with van der Waals surface area (Å²) < 4.78 is 0. The van der Waals surface area contributed by atoms with Crippen molar-refractivity contribution in [2.75, 3.05) is 13.6 Å². The zero-order valence-electron chi connectivity index (χ0n) is 5.20. The molecule has 9 heavy (non-hydrogen) atoms. The largest absolute Gasteiger partial charge is 0.281 e. The van der Waals surface area contributed by atoms with Crippen molar-refractivity contribution in [3.8, 4) is 0 Å². The van der Waals surface area contributed by atoms with Gasteiger partial charge in [0.15, 0.2) is 0 Å². The molecule has 1 heterocycles. The number of hydrogen-bond donors (Lipinski definition) is 1. The normalized spacial score (nSPS) is 28.8. The molecule has 0 saturated carbocycles. The van der Waals surface area contributed by atoms with E-state index in [1.165, 1.54) is 5.01 Å². The van der Waals surface area contributed by atoms with Crippen molar-refractivity contribution in [2.24, 2.45) is 0 Å². The standard InChI is InChI=1S/C4H9N3O2/c1-6-4(7(8)9)2-3-5-6/h4-5H,2-3H2,1H3. The first-order valence-corrected chi connectivity index (χ1v) is 2.81. The Morgan fingerprint density at radius 1 is 1.89 bits per heavy atom. The van der Waals surface area contributed by atoms with Crippen molar-refractivity contribution >= 4 is 0 Å². The maximum absolute atomic E-state index is 10.1. The summed E-state index contributed by atoms with van der Waals surface area (Å²) in [5, 5.41) is 11.7. The molecule has 1 rings (SSSR count). The second-order valence-corrected chi connectivity index (χ2v) is 2.07. The van der Waals surface area contributed by atoms with Gasteiger partial charge in [0.25, 0.3) is 6.17 Å². The minimum Gasteiger partial charge on any atom is -0.263 e. The molecule has 0 aromatic rings. The van der Waals surface area contributed by atoms with E-state index in [1.807, 2.05) is 0 Å². The van der Waals surface area contributed by atoms with Gasteiger partial charge in [0.05, 0.1) is 0 Å². The highest BCUT2D eigenvalue weighted by atomic mass is 16.6. The molecule has 0 radical (unpaired) electrons. The van der Waals surface area contributed by atoms with Gasteiger partial charge in [-0.05, 0) is 0 Å². The summed E-state index contributed by atoms with van der Waals surface area (Å²) in [5.74, 6) is 0. The lowest BCUT2D eigenvalue weighted by atomic mass is 10.4. The van der Waals surface area contributed by atoms with Crippen LogP contribution in [0.1, 0.15) is 6.42 Å². The maximum Gasteiger partial charge on any atom is 0.281 e. The molecular formula is C4H9N3O2. The number of rotatable bonds is 1. The number of nitrogens with zero attached hydrogens (tertiary/aromatic N) is 2. The zero-order valence-corrected chi connectivity index (χ0v) is 5.20. The highest BCUT2D eigenvalue weighted by Crippen LogP contribution is 2.04. The van der Waals surface area contributed by atoms with Gasteiger partial charge in [-0.25, -0.2) is 5.43 Å². The molecule has 52 valence electrons. The van der Waals surface area contributed by atoms with E-state index in [4.69, 9.17) is 0 Å². The van der Waals surface area contributed by atoms with Crippen molar-refractivity contribution in [2.45, 2.75) is 12.6 Å². The molecule has 0 bridgehead atoms. The highest BCUT2D eigenvalue weighted by molar-refractivity contribution is 4.62. The van der Waals surface area contributed by atoms with Gasteiger partial charge in [0, 0.05) is 24.9 Å². The van der Waals surface area contributed by atoms with Crippen LogP contribution in [0.15, 0.2) is 0 Å². The van der Waals surface area contributed by atoms with Gasteiger partial charge in [-0.1, -0.05) is 0 Å². The molecule has 0 amide bonds. The van der Waals surface area contributed by atoms with Crippen LogP contribution in [-0.4, -0.2) is 29.7 Å². The van der Waals surface area contributed by atoms with Crippen LogP contribution in [-0.2, 0) is 0 Å². The van der Waals surface area contributed by atoms with Gasteiger partial charge in [0.1, 0.15) is 0 Å². The van der Waals surface area contributed by atoms with Gasteiger partial charge in [0.2, 0.25) is 0 Å². The molecule has 5 nitrogen and oxygen atoms in total. The average molecular weight is 131 g/mol. The predicted molar refractivity (Wildman–Crippen MR) is 31.2 cm³/mol. The maximum atomic E-state index is 10.1. The lowest BCUT2D eigenvalue weighted by molar-refractivity contribution is -0.546. The van der Waals surface area contributed by atoms with Gasteiger partial charge >= 0.3 is 0 Å². The highest BCUT2D eigenvalue weighted by Gasteiger charge is 2.29. The number of hydrazine groups is 1. The van der Waals surface area contributed by atoms with Gasteiger partial charge < -0.3 is 0 Å². The predicted octanol–water partition coefficient (Wildman–Crippen LogP) is -0.571. The Bertz CT molecular complexity index is 127. The topological polar surface area (TPSA) is 58.4 Å². The van der Waals surface area contributed by atoms with E-state index in [0.717, 1.165) is 0 Å². The molecule has 0 aromatic carbocycles. The summed E-state index contributed by atoms with van der Waals surface area (Å²) in [6.07, 6.45) is 0.0775. The quantitative estimate of drug-likeness (QED) is 0.382. The Morgan fingerprint density at radius 2 is 2.56 bits per heavy atom. The van der Waals surface area contributed by atoms with Crippen LogP contribution >= 0.6 is 0 Å². The van der Waals surface area contributed by atoms with Gasteiger partial charge in [-0.2, -0.15) is 5.01 Å². The van der Waals surface area contributed by atoms with Crippen LogP contribution in [0, 0.1) is 10.1 Å². The van der Waals surface area contributed by atoms with Crippen LogP contribution in [0.3, 0.4) is 0 Å². The molecule has 1 fully saturated rings. The Kier molecular flexibility index (Phi) is 1.63. The molecule has 0 aliphatic carbocycles. The Balaban J connectivity index is 2.49. The van der Waals surface area contributed by atoms with Crippen molar-refractivity contribution < 1.29 is 4.92 Å². The minimum absolute atomic E-state index is 0.278. The van der Waals surface area contributed by atoms with Gasteiger partial charge in [-0.15, -0.1) is 0 Å². The second kappa shape index (κ2) is 2.28. The van der Waals surface area contributed by atoms with Crippen molar-refractivity contribution in [1.29, 1.82) is 0 Å². The lowest BCUT2D eigenvalue weighted by Gasteiger charge is -2.09. The smallest absolute Gasteiger partial charge is 0.263 e. The first kappa shape index (κ1) is 6.44. The van der Waals surface area contributed by atoms with E-state index in [-0.39, 0.29) is 4.92 Å². The molecule has 1 aliphatic heterocycles. The second-order valence-electron chi connectivity index (χ2n) is 2.07. The van der Waals surface area contributed by atoms with Crippen LogP contribution in [0.4, 0.5) is 0 Å². The van der Waals surface area contributed by atoms with E-state index in [2.05, 4.69) is 5.43 Å². The summed E-state index contributed by atoms with van der Waals surface area (Å²) in [4.78, 5) is 9.86. The molecule has 1 saturated heterocycles. The molecule has 5 heteroatoms. The van der Waals surface area contributed by atoms with Crippen LogP contribution in [0.5, 0.6) is 0 Å². The van der Waals surface area contributed by atoms with E-state index in [9.17, 15) is 10.1 Å². The van der Waals surface area contributed by atoms with E-state index < -0.39 is 6.17 Å². The third-order valence-corrected chi connectivity index (χ3v) is 1.45. The van der Waals surface area contributed by atoms with Crippen LogP contribution < -0.4 is 5.43 Å².